The number of benzene rings is 1. The molecule has 0 spiro atoms. The quantitative estimate of drug-likeness (QED) is 0.125. The van der Waals surface area contributed by atoms with Gasteiger partial charge in [0.2, 0.25) is 0 Å². The molecular weight excluding hydrogens is 330 g/mol. The molecule has 0 heterocycles. The Labute approximate surface area is 135 Å². The Kier molecular flexibility index (Phi) is 6.69. The largest absolute Gasteiger partial charge is 0.506 e. The number of aliphatic hydroxyl groups is 1. The van der Waals surface area contributed by atoms with Crippen LogP contribution in [0.4, 0.5) is 17.6 Å². The molecule has 8 heteroatoms. The van der Waals surface area contributed by atoms with Crippen molar-refractivity contribution in [1.29, 1.82) is 0 Å². The second-order valence-electron chi connectivity index (χ2n) is 4.59. The first kappa shape index (κ1) is 19.4. The third kappa shape index (κ3) is 4.21. The maximum Gasteiger partial charge on any atom is 0.343 e. The molecule has 130 valence electrons. The highest BCUT2D eigenvalue weighted by Crippen LogP contribution is 2.25. The Morgan fingerprint density at radius 2 is 1.96 bits per heavy atom. The number of hydrogen-bond donors (Lipinski definition) is 1. The van der Waals surface area contributed by atoms with Gasteiger partial charge in [-0.05, 0) is 19.9 Å². The van der Waals surface area contributed by atoms with Gasteiger partial charge in [0, 0.05) is 6.21 Å². The normalized spacial score (nSPS) is 13.6. The molecule has 0 saturated heterocycles. The average molecular weight is 345 g/mol. The Morgan fingerprint density at radius 3 is 2.50 bits per heavy atom. The van der Waals surface area contributed by atoms with Gasteiger partial charge in [0.1, 0.15) is 11.3 Å². The maximum atomic E-state index is 13.8. The van der Waals surface area contributed by atoms with E-state index in [1.54, 1.807) is 6.92 Å². The summed E-state index contributed by atoms with van der Waals surface area (Å²) in [5.74, 6) is -9.96. The van der Waals surface area contributed by atoms with E-state index >= 15 is 0 Å². The molecule has 1 unspecified atom stereocenters. The van der Waals surface area contributed by atoms with Crippen LogP contribution in [-0.2, 0) is 9.53 Å². The Balaban J connectivity index is 3.55. The highest BCUT2D eigenvalue weighted by Gasteiger charge is 2.25. The van der Waals surface area contributed by atoms with E-state index < -0.39 is 52.2 Å². The van der Waals surface area contributed by atoms with Crippen molar-refractivity contribution in [2.45, 2.75) is 19.9 Å². The Hall–Kier alpha value is -2.64. The molecule has 0 amide bonds. The van der Waals surface area contributed by atoms with Gasteiger partial charge in [-0.25, -0.2) is 22.4 Å². The van der Waals surface area contributed by atoms with Gasteiger partial charge < -0.3 is 9.84 Å². The predicted octanol–water partition coefficient (Wildman–Crippen LogP) is 3.72. The molecule has 0 aliphatic rings. The van der Waals surface area contributed by atoms with Gasteiger partial charge in [0.25, 0.3) is 0 Å². The van der Waals surface area contributed by atoms with Crippen molar-refractivity contribution in [2.75, 3.05) is 6.61 Å². The van der Waals surface area contributed by atoms with E-state index in [0.717, 1.165) is 6.21 Å². The minimum absolute atomic E-state index is 0.0743. The molecule has 0 aromatic heterocycles. The second-order valence-corrected chi connectivity index (χ2v) is 4.59. The van der Waals surface area contributed by atoms with Crippen LogP contribution >= 0.6 is 0 Å². The summed E-state index contributed by atoms with van der Waals surface area (Å²) in [7, 11) is 0. The maximum absolute atomic E-state index is 13.8. The zero-order chi connectivity index (χ0) is 18.4. The van der Waals surface area contributed by atoms with Crippen molar-refractivity contribution in [3.05, 3.63) is 53.1 Å². The van der Waals surface area contributed by atoms with Gasteiger partial charge in [-0.2, -0.15) is 0 Å². The topological polar surface area (TPSA) is 58.9 Å². The predicted molar refractivity (Wildman–Crippen MR) is 80.6 cm³/mol. The standard InChI is InChI=1S/C16H15F4NO3/c1-4-8(3)21-7-10(16(23)24-5-2)15(22)9-6-11(17)13(19)14(20)12(9)18/h4,6-8,22H,1,5H2,2-3H3/b15-10-,21-7?. The minimum Gasteiger partial charge on any atom is -0.506 e. The molecule has 1 N–H and O–H groups in total. The number of hydrogen-bond acceptors (Lipinski definition) is 4. The summed E-state index contributed by atoms with van der Waals surface area (Å²) >= 11 is 0. The molecular formula is C16H15F4NO3. The van der Waals surface area contributed by atoms with Crippen LogP contribution in [0.15, 0.2) is 29.3 Å². The average Bonchev–Trinajstić information content (AvgIpc) is 2.56. The number of esters is 1. The van der Waals surface area contributed by atoms with E-state index in [9.17, 15) is 27.5 Å². The zero-order valence-electron chi connectivity index (χ0n) is 12.9. The first-order chi connectivity index (χ1) is 11.2. The molecule has 24 heavy (non-hydrogen) atoms. The SMILES string of the molecule is C=CC(C)N=C/C(C(=O)OCC)=C(/O)c1cc(F)c(F)c(F)c1F. The van der Waals surface area contributed by atoms with Crippen LogP contribution in [0.2, 0.25) is 0 Å². The highest BCUT2D eigenvalue weighted by atomic mass is 19.2. The van der Waals surface area contributed by atoms with Crippen molar-refractivity contribution < 1.29 is 32.2 Å². The first-order valence-corrected chi connectivity index (χ1v) is 6.83. The third-order valence-corrected chi connectivity index (χ3v) is 2.89. The van der Waals surface area contributed by atoms with Crippen LogP contribution in [0, 0.1) is 23.3 Å². The second kappa shape index (κ2) is 8.28. The van der Waals surface area contributed by atoms with Crippen molar-refractivity contribution >= 4 is 17.9 Å². The van der Waals surface area contributed by atoms with Gasteiger partial charge in [-0.15, -0.1) is 6.58 Å². The van der Waals surface area contributed by atoms with Crippen LogP contribution in [-0.4, -0.2) is 29.9 Å². The molecule has 0 aliphatic heterocycles. The summed E-state index contributed by atoms with van der Waals surface area (Å²) in [6.07, 6.45) is 2.27. The minimum atomic E-state index is -2.11. The summed E-state index contributed by atoms with van der Waals surface area (Å²) < 4.78 is 58.0. The van der Waals surface area contributed by atoms with Gasteiger partial charge in [0.05, 0.1) is 18.2 Å². The number of nitrogens with zero attached hydrogens (tertiary/aromatic N) is 1. The molecule has 1 aromatic carbocycles. The summed E-state index contributed by atoms with van der Waals surface area (Å²) in [6.45, 7) is 6.46. The van der Waals surface area contributed by atoms with Gasteiger partial charge in [-0.1, -0.05) is 6.08 Å². The highest BCUT2D eigenvalue weighted by molar-refractivity contribution is 6.15. The summed E-state index contributed by atoms with van der Waals surface area (Å²) in [6, 6.07) is -0.235. The molecule has 0 saturated carbocycles. The number of aliphatic imine (C=N–C) groups is 1. The van der Waals surface area contributed by atoms with Crippen molar-refractivity contribution in [1.82, 2.24) is 0 Å². The molecule has 1 aromatic rings. The summed E-state index contributed by atoms with van der Waals surface area (Å²) in [5, 5.41) is 10.0. The van der Waals surface area contributed by atoms with Crippen LogP contribution < -0.4 is 0 Å². The number of ether oxygens (including phenoxy) is 1. The fourth-order valence-corrected chi connectivity index (χ4v) is 1.56. The Bertz CT molecular complexity index is 714. The fraction of sp³-hybridized carbons (Fsp3) is 0.250. The molecule has 4 nitrogen and oxygen atoms in total. The molecule has 0 aliphatic carbocycles. The monoisotopic (exact) mass is 345 g/mol. The van der Waals surface area contributed by atoms with E-state index in [-0.39, 0.29) is 12.7 Å². The number of halogens is 4. The third-order valence-electron chi connectivity index (χ3n) is 2.89. The summed E-state index contributed by atoms with van der Waals surface area (Å²) in [4.78, 5) is 15.7. The molecule has 0 fully saturated rings. The van der Waals surface area contributed by atoms with Crippen LogP contribution in [0.3, 0.4) is 0 Å². The van der Waals surface area contributed by atoms with Crippen LogP contribution in [0.1, 0.15) is 19.4 Å². The molecule has 1 rings (SSSR count). The van der Waals surface area contributed by atoms with E-state index in [2.05, 4.69) is 16.3 Å². The molecule has 0 bridgehead atoms. The zero-order valence-corrected chi connectivity index (χ0v) is 12.9. The van der Waals surface area contributed by atoms with Gasteiger partial charge >= 0.3 is 5.97 Å². The van der Waals surface area contributed by atoms with Crippen molar-refractivity contribution in [3.8, 4) is 0 Å². The van der Waals surface area contributed by atoms with E-state index in [1.807, 2.05) is 0 Å². The lowest BCUT2D eigenvalue weighted by Crippen LogP contribution is -2.13. The van der Waals surface area contributed by atoms with Gasteiger partial charge in [-0.3, -0.25) is 4.99 Å². The lowest BCUT2D eigenvalue weighted by molar-refractivity contribution is -0.137. The number of carbonyl (C=O) groups excluding carboxylic acids is 1. The molecule has 0 radical (unpaired) electrons. The van der Waals surface area contributed by atoms with E-state index in [1.165, 1.54) is 13.0 Å². The first-order valence-electron chi connectivity index (χ1n) is 6.83. The number of carbonyl (C=O) groups is 1. The Morgan fingerprint density at radius 1 is 1.33 bits per heavy atom. The van der Waals surface area contributed by atoms with E-state index in [0.29, 0.717) is 0 Å². The van der Waals surface area contributed by atoms with Crippen LogP contribution in [0.25, 0.3) is 5.76 Å². The lowest BCUT2D eigenvalue weighted by Gasteiger charge is -2.09. The number of aliphatic hydroxyl groups excluding tert-OH is 1. The summed E-state index contributed by atoms with van der Waals surface area (Å²) in [5.41, 5.74) is -1.68. The van der Waals surface area contributed by atoms with Crippen LogP contribution in [0.5, 0.6) is 0 Å². The van der Waals surface area contributed by atoms with Crippen molar-refractivity contribution in [3.63, 3.8) is 0 Å². The molecule has 1 atom stereocenters. The number of rotatable bonds is 6. The lowest BCUT2D eigenvalue weighted by atomic mass is 10.1. The van der Waals surface area contributed by atoms with Gasteiger partial charge in [0.15, 0.2) is 23.3 Å². The fourth-order valence-electron chi connectivity index (χ4n) is 1.56. The van der Waals surface area contributed by atoms with Crippen molar-refractivity contribution in [2.24, 2.45) is 4.99 Å². The smallest absolute Gasteiger partial charge is 0.343 e. The van der Waals surface area contributed by atoms with E-state index in [4.69, 9.17) is 0 Å².